The van der Waals surface area contributed by atoms with Crippen molar-refractivity contribution in [3.63, 3.8) is 0 Å². The summed E-state index contributed by atoms with van der Waals surface area (Å²) in [6.07, 6.45) is 6.70. The van der Waals surface area contributed by atoms with Crippen molar-refractivity contribution in [2.24, 2.45) is 11.3 Å². The Balaban J connectivity index is 4.25. The summed E-state index contributed by atoms with van der Waals surface area (Å²) < 4.78 is 0. The second kappa shape index (κ2) is 6.83. The summed E-state index contributed by atoms with van der Waals surface area (Å²) in [6, 6.07) is 0. The molecule has 0 aliphatic heterocycles. The van der Waals surface area contributed by atoms with Crippen LogP contribution in [0.15, 0.2) is 0 Å². The second-order valence-corrected chi connectivity index (χ2v) is 5.89. The van der Waals surface area contributed by atoms with Gasteiger partial charge in [0.1, 0.15) is 0 Å². The maximum Gasteiger partial charge on any atom is -0.0210 e. The molecule has 0 bridgehead atoms. The molecule has 0 N–H and O–H groups in total. The monoisotopic (exact) mass is 216 g/mol. The third-order valence-electron chi connectivity index (χ3n) is 3.86. The van der Waals surface area contributed by atoms with Gasteiger partial charge in [-0.15, -0.1) is 9.24 Å². The Hall–Kier alpha value is 0.430. The fraction of sp³-hybridized carbons (Fsp3) is 1.00. The van der Waals surface area contributed by atoms with E-state index in [1.165, 1.54) is 32.1 Å². The minimum atomic E-state index is 0.489. The molecule has 0 nitrogen and oxygen atoms in total. The first kappa shape index (κ1) is 14.4. The molecule has 0 spiro atoms. The average molecular weight is 216 g/mol. The molecule has 0 amide bonds. The van der Waals surface area contributed by atoms with Crippen LogP contribution in [-0.2, 0) is 0 Å². The van der Waals surface area contributed by atoms with Gasteiger partial charge < -0.3 is 0 Å². The van der Waals surface area contributed by atoms with E-state index < -0.39 is 0 Å². The van der Waals surface area contributed by atoms with Crippen LogP contribution in [0.3, 0.4) is 0 Å². The topological polar surface area (TPSA) is 0 Å². The summed E-state index contributed by atoms with van der Waals surface area (Å²) in [5.74, 6) is 0.877. The van der Waals surface area contributed by atoms with Gasteiger partial charge in [-0.05, 0) is 23.4 Å². The highest BCUT2D eigenvalue weighted by molar-refractivity contribution is 7.17. The first-order chi connectivity index (χ1) is 6.50. The van der Waals surface area contributed by atoms with E-state index in [9.17, 15) is 0 Å². The minimum Gasteiger partial charge on any atom is -0.134 e. The Labute approximate surface area is 93.4 Å². The molecule has 0 aromatic rings. The van der Waals surface area contributed by atoms with Crippen LogP contribution < -0.4 is 0 Å². The Bertz CT molecular complexity index is 136. The molecule has 0 aromatic heterocycles. The molecule has 2 atom stereocenters. The Morgan fingerprint density at radius 3 is 1.93 bits per heavy atom. The molecule has 0 rings (SSSR count). The van der Waals surface area contributed by atoms with Crippen molar-refractivity contribution in [3.05, 3.63) is 0 Å². The molecule has 0 aromatic carbocycles. The molecule has 86 valence electrons. The second-order valence-electron chi connectivity index (χ2n) is 5.08. The number of unbranched alkanes of at least 4 members (excludes halogenated alkanes) is 1. The Morgan fingerprint density at radius 2 is 1.57 bits per heavy atom. The highest BCUT2D eigenvalue weighted by Gasteiger charge is 2.32. The third-order valence-corrected chi connectivity index (χ3v) is 5.05. The van der Waals surface area contributed by atoms with Gasteiger partial charge in [-0.3, -0.25) is 0 Å². The number of hydrogen-bond donors (Lipinski definition) is 0. The standard InChI is InChI=1S/C13H29P/c1-6-9-10-12(14)13(4,5)11(7-2)8-3/h11-12H,6-10,14H2,1-5H3. The summed E-state index contributed by atoms with van der Waals surface area (Å²) in [6.45, 7) is 11.8. The van der Waals surface area contributed by atoms with Crippen LogP contribution in [0.1, 0.15) is 66.7 Å². The van der Waals surface area contributed by atoms with Crippen LogP contribution in [0.4, 0.5) is 0 Å². The fourth-order valence-corrected chi connectivity index (χ4v) is 2.95. The zero-order valence-corrected chi connectivity index (χ0v) is 11.9. The summed E-state index contributed by atoms with van der Waals surface area (Å²) in [5, 5.41) is 0. The quantitative estimate of drug-likeness (QED) is 0.532. The SMILES string of the molecule is CCCCC(P)C(C)(C)C(CC)CC. The normalized spacial score (nSPS) is 14.8. The molecule has 0 saturated heterocycles. The summed E-state index contributed by atoms with van der Waals surface area (Å²) in [5.41, 5.74) is 1.27. The lowest BCUT2D eigenvalue weighted by Gasteiger charge is -2.39. The van der Waals surface area contributed by atoms with Gasteiger partial charge in [0.15, 0.2) is 0 Å². The van der Waals surface area contributed by atoms with Crippen LogP contribution in [0.2, 0.25) is 0 Å². The lowest BCUT2D eigenvalue weighted by molar-refractivity contribution is 0.185. The van der Waals surface area contributed by atoms with Gasteiger partial charge in [-0.1, -0.05) is 60.3 Å². The maximum absolute atomic E-state index is 3.08. The van der Waals surface area contributed by atoms with Gasteiger partial charge in [-0.25, -0.2) is 0 Å². The molecule has 0 heterocycles. The van der Waals surface area contributed by atoms with Crippen LogP contribution in [0, 0.1) is 11.3 Å². The van der Waals surface area contributed by atoms with E-state index in [-0.39, 0.29) is 0 Å². The fourth-order valence-electron chi connectivity index (χ4n) is 2.44. The number of rotatable bonds is 7. The van der Waals surface area contributed by atoms with Crippen LogP contribution >= 0.6 is 9.24 Å². The van der Waals surface area contributed by atoms with E-state index in [0.717, 1.165) is 11.6 Å². The van der Waals surface area contributed by atoms with Gasteiger partial charge in [0, 0.05) is 0 Å². The highest BCUT2D eigenvalue weighted by Crippen LogP contribution is 2.41. The lowest BCUT2D eigenvalue weighted by Crippen LogP contribution is -2.32. The van der Waals surface area contributed by atoms with Crippen molar-refractivity contribution < 1.29 is 0 Å². The Kier molecular flexibility index (Phi) is 7.04. The van der Waals surface area contributed by atoms with Gasteiger partial charge >= 0.3 is 0 Å². The summed E-state index contributed by atoms with van der Waals surface area (Å²) in [7, 11) is 3.08. The molecule has 0 aliphatic rings. The highest BCUT2D eigenvalue weighted by atomic mass is 31.0. The Morgan fingerprint density at radius 1 is 1.07 bits per heavy atom. The van der Waals surface area contributed by atoms with Crippen molar-refractivity contribution in [2.75, 3.05) is 0 Å². The zero-order valence-electron chi connectivity index (χ0n) is 10.8. The van der Waals surface area contributed by atoms with Gasteiger partial charge in [0.2, 0.25) is 0 Å². The third kappa shape index (κ3) is 3.89. The summed E-state index contributed by atoms with van der Waals surface area (Å²) >= 11 is 0. The van der Waals surface area contributed by atoms with E-state index >= 15 is 0 Å². The predicted molar refractivity (Wildman–Crippen MR) is 70.9 cm³/mol. The van der Waals surface area contributed by atoms with Crippen molar-refractivity contribution in [1.29, 1.82) is 0 Å². The van der Waals surface area contributed by atoms with E-state index in [2.05, 4.69) is 43.9 Å². The van der Waals surface area contributed by atoms with Crippen LogP contribution in [-0.4, -0.2) is 5.66 Å². The van der Waals surface area contributed by atoms with Crippen LogP contribution in [0.5, 0.6) is 0 Å². The maximum atomic E-state index is 3.08. The summed E-state index contributed by atoms with van der Waals surface area (Å²) in [4.78, 5) is 0. The van der Waals surface area contributed by atoms with Crippen molar-refractivity contribution >= 4 is 9.24 Å². The van der Waals surface area contributed by atoms with E-state index in [0.29, 0.717) is 5.41 Å². The zero-order chi connectivity index (χ0) is 11.2. The number of hydrogen-bond acceptors (Lipinski definition) is 0. The van der Waals surface area contributed by atoms with E-state index in [1.807, 2.05) is 0 Å². The minimum absolute atomic E-state index is 0.489. The molecule has 0 radical (unpaired) electrons. The molecule has 1 heteroatoms. The lowest BCUT2D eigenvalue weighted by atomic mass is 9.72. The molecule has 0 saturated carbocycles. The largest absolute Gasteiger partial charge is 0.134 e. The molecular weight excluding hydrogens is 187 g/mol. The molecule has 2 unspecified atom stereocenters. The predicted octanol–water partition coefficient (Wildman–Crippen LogP) is 4.88. The van der Waals surface area contributed by atoms with Gasteiger partial charge in [0.25, 0.3) is 0 Å². The van der Waals surface area contributed by atoms with Gasteiger partial charge in [-0.2, -0.15) is 0 Å². The molecule has 14 heavy (non-hydrogen) atoms. The van der Waals surface area contributed by atoms with Crippen molar-refractivity contribution in [2.45, 2.75) is 72.4 Å². The van der Waals surface area contributed by atoms with Crippen molar-refractivity contribution in [1.82, 2.24) is 0 Å². The van der Waals surface area contributed by atoms with Crippen molar-refractivity contribution in [3.8, 4) is 0 Å². The molecular formula is C13H29P. The van der Waals surface area contributed by atoms with E-state index in [1.54, 1.807) is 0 Å². The van der Waals surface area contributed by atoms with E-state index in [4.69, 9.17) is 0 Å². The first-order valence-electron chi connectivity index (χ1n) is 6.26. The first-order valence-corrected chi connectivity index (χ1v) is 6.92. The van der Waals surface area contributed by atoms with Crippen LogP contribution in [0.25, 0.3) is 0 Å². The van der Waals surface area contributed by atoms with Gasteiger partial charge in [0.05, 0.1) is 0 Å². The molecule has 0 fully saturated rings. The molecule has 0 aliphatic carbocycles. The average Bonchev–Trinajstić information content (AvgIpc) is 2.15. The smallest absolute Gasteiger partial charge is 0.0210 e.